The molecule has 176 valence electrons. The minimum atomic E-state index is -0.0393. The van der Waals surface area contributed by atoms with E-state index in [2.05, 4.69) is 44.6 Å². The number of methoxy groups -OCH3 is 1. The summed E-state index contributed by atoms with van der Waals surface area (Å²) in [5, 5.41) is 6.62. The Morgan fingerprint density at radius 2 is 2.09 bits per heavy atom. The van der Waals surface area contributed by atoms with E-state index in [0.717, 1.165) is 42.6 Å². The van der Waals surface area contributed by atoms with Crippen LogP contribution in [0.2, 0.25) is 0 Å². The third-order valence-corrected chi connectivity index (χ3v) is 4.99. The van der Waals surface area contributed by atoms with Crippen molar-refractivity contribution in [3.8, 4) is 11.5 Å². The van der Waals surface area contributed by atoms with Crippen molar-refractivity contribution >= 4 is 35.8 Å². The Hall–Kier alpha value is -2.27. The molecule has 2 heterocycles. The summed E-state index contributed by atoms with van der Waals surface area (Å²) in [5.41, 5.74) is 1.09. The average molecular weight is 555 g/mol. The maximum Gasteiger partial charge on any atom is 0.191 e. The highest BCUT2D eigenvalue weighted by molar-refractivity contribution is 14.0. The second-order valence-electron chi connectivity index (χ2n) is 7.57. The van der Waals surface area contributed by atoms with E-state index in [1.165, 1.54) is 0 Å². The molecule has 1 fully saturated rings. The molecular formula is C23H34IN5O3. The van der Waals surface area contributed by atoms with Crippen molar-refractivity contribution in [1.82, 2.24) is 15.6 Å². The Morgan fingerprint density at radius 3 is 2.78 bits per heavy atom. The van der Waals surface area contributed by atoms with Gasteiger partial charge < -0.3 is 29.7 Å². The molecule has 0 bridgehead atoms. The van der Waals surface area contributed by atoms with Crippen LogP contribution >= 0.6 is 24.0 Å². The number of hydrogen-bond acceptors (Lipinski definition) is 6. The van der Waals surface area contributed by atoms with E-state index in [9.17, 15) is 0 Å². The van der Waals surface area contributed by atoms with E-state index in [0.29, 0.717) is 19.0 Å². The van der Waals surface area contributed by atoms with Crippen LogP contribution in [0.15, 0.2) is 47.6 Å². The standard InChI is InChI=1S/C23H33N5O3.HI/c1-17(31-21-7-5-6-20(12-21)29-4)13-26-23(24-3)27-15-19-8-9-22(25-14-19)28-10-11-30-18(2)16-28;/h5-9,12,14,17-18H,10-11,13,15-16H2,1-4H3,(H2,24,26,27);1H. The quantitative estimate of drug-likeness (QED) is 0.295. The molecule has 1 aliphatic rings. The molecule has 2 unspecified atom stereocenters. The number of hydrogen-bond donors (Lipinski definition) is 2. The van der Waals surface area contributed by atoms with Crippen LogP contribution in [0.4, 0.5) is 5.82 Å². The van der Waals surface area contributed by atoms with Crippen molar-refractivity contribution in [2.45, 2.75) is 32.6 Å². The fourth-order valence-electron chi connectivity index (χ4n) is 3.33. The van der Waals surface area contributed by atoms with Crippen molar-refractivity contribution in [1.29, 1.82) is 0 Å². The Morgan fingerprint density at radius 1 is 1.28 bits per heavy atom. The summed E-state index contributed by atoms with van der Waals surface area (Å²) in [7, 11) is 3.40. The summed E-state index contributed by atoms with van der Waals surface area (Å²) in [6, 6.07) is 11.8. The number of ether oxygens (including phenoxy) is 3. The molecule has 0 amide bonds. The zero-order chi connectivity index (χ0) is 22.1. The minimum Gasteiger partial charge on any atom is -0.497 e. The number of benzene rings is 1. The van der Waals surface area contributed by atoms with Gasteiger partial charge in [0.15, 0.2) is 5.96 Å². The van der Waals surface area contributed by atoms with Gasteiger partial charge in [-0.05, 0) is 37.6 Å². The van der Waals surface area contributed by atoms with Crippen LogP contribution in [0.3, 0.4) is 0 Å². The molecule has 0 radical (unpaired) electrons. The Bertz CT molecular complexity index is 850. The van der Waals surface area contributed by atoms with E-state index in [4.69, 9.17) is 14.2 Å². The number of aromatic nitrogens is 1. The molecule has 1 saturated heterocycles. The number of nitrogens with one attached hydrogen (secondary N) is 2. The maximum atomic E-state index is 5.94. The lowest BCUT2D eigenvalue weighted by Crippen LogP contribution is -2.42. The average Bonchev–Trinajstić information content (AvgIpc) is 2.79. The number of rotatable bonds is 8. The van der Waals surface area contributed by atoms with Gasteiger partial charge in [-0.1, -0.05) is 12.1 Å². The summed E-state index contributed by atoms with van der Waals surface area (Å²) < 4.78 is 16.8. The SMILES string of the molecule is CN=C(NCc1ccc(N2CCOC(C)C2)nc1)NCC(C)Oc1cccc(OC)c1.I. The number of guanidine groups is 1. The van der Waals surface area contributed by atoms with Crippen LogP contribution in [0.5, 0.6) is 11.5 Å². The van der Waals surface area contributed by atoms with Crippen LogP contribution in [0, 0.1) is 0 Å². The summed E-state index contributed by atoms with van der Waals surface area (Å²) in [6.45, 7) is 7.84. The lowest BCUT2D eigenvalue weighted by molar-refractivity contribution is 0.0529. The Labute approximate surface area is 207 Å². The first-order valence-electron chi connectivity index (χ1n) is 10.6. The van der Waals surface area contributed by atoms with Crippen molar-refractivity contribution < 1.29 is 14.2 Å². The summed E-state index contributed by atoms with van der Waals surface area (Å²) >= 11 is 0. The lowest BCUT2D eigenvalue weighted by Gasteiger charge is -2.32. The van der Waals surface area contributed by atoms with E-state index in [1.54, 1.807) is 14.2 Å². The zero-order valence-electron chi connectivity index (χ0n) is 19.2. The first-order chi connectivity index (χ1) is 15.1. The van der Waals surface area contributed by atoms with Crippen molar-refractivity contribution in [3.63, 3.8) is 0 Å². The van der Waals surface area contributed by atoms with Gasteiger partial charge in [0.1, 0.15) is 23.4 Å². The van der Waals surface area contributed by atoms with Gasteiger partial charge >= 0.3 is 0 Å². The van der Waals surface area contributed by atoms with E-state index in [-0.39, 0.29) is 36.2 Å². The molecule has 32 heavy (non-hydrogen) atoms. The van der Waals surface area contributed by atoms with Gasteiger partial charge in [0.2, 0.25) is 0 Å². The number of nitrogens with zero attached hydrogens (tertiary/aromatic N) is 3. The fraction of sp³-hybridized carbons (Fsp3) is 0.478. The zero-order valence-corrected chi connectivity index (χ0v) is 21.5. The normalized spacial score (nSPS) is 17.2. The molecule has 2 atom stereocenters. The van der Waals surface area contributed by atoms with Crippen molar-refractivity contribution in [3.05, 3.63) is 48.2 Å². The van der Waals surface area contributed by atoms with Crippen LogP contribution < -0.4 is 25.0 Å². The summed E-state index contributed by atoms with van der Waals surface area (Å²) in [4.78, 5) is 11.2. The molecule has 2 aromatic rings. The van der Waals surface area contributed by atoms with Crippen LogP contribution in [0.1, 0.15) is 19.4 Å². The molecule has 0 aliphatic carbocycles. The highest BCUT2D eigenvalue weighted by atomic mass is 127. The molecule has 1 aromatic heterocycles. The summed E-state index contributed by atoms with van der Waals surface area (Å²) in [5.74, 6) is 3.26. The predicted octanol–water partition coefficient (Wildman–Crippen LogP) is 3.07. The lowest BCUT2D eigenvalue weighted by atomic mass is 10.2. The Balaban J connectivity index is 0.00000363. The number of aliphatic imine (C=N–C) groups is 1. The fourth-order valence-corrected chi connectivity index (χ4v) is 3.33. The van der Waals surface area contributed by atoms with E-state index >= 15 is 0 Å². The van der Waals surface area contributed by atoms with Crippen LogP contribution in [-0.4, -0.2) is 63.6 Å². The monoisotopic (exact) mass is 555 g/mol. The number of halogens is 1. The molecule has 9 heteroatoms. The topological polar surface area (TPSA) is 80.2 Å². The largest absolute Gasteiger partial charge is 0.497 e. The Kier molecular flexibility index (Phi) is 10.8. The second kappa shape index (κ2) is 13.3. The molecule has 8 nitrogen and oxygen atoms in total. The number of pyridine rings is 1. The van der Waals surface area contributed by atoms with Crippen LogP contribution in [-0.2, 0) is 11.3 Å². The van der Waals surface area contributed by atoms with Gasteiger partial charge in [0.25, 0.3) is 0 Å². The first-order valence-corrected chi connectivity index (χ1v) is 10.6. The van der Waals surface area contributed by atoms with Crippen LogP contribution in [0.25, 0.3) is 0 Å². The van der Waals surface area contributed by atoms with Gasteiger partial charge in [-0.15, -0.1) is 24.0 Å². The summed E-state index contributed by atoms with van der Waals surface area (Å²) in [6.07, 6.45) is 2.11. The molecular weight excluding hydrogens is 521 g/mol. The minimum absolute atomic E-state index is 0. The van der Waals surface area contributed by atoms with Gasteiger partial charge in [0.05, 0.1) is 26.4 Å². The van der Waals surface area contributed by atoms with E-state index in [1.807, 2.05) is 37.4 Å². The molecule has 0 saturated carbocycles. The second-order valence-corrected chi connectivity index (χ2v) is 7.57. The molecule has 2 N–H and O–H groups in total. The highest BCUT2D eigenvalue weighted by Gasteiger charge is 2.17. The molecule has 1 aliphatic heterocycles. The first kappa shape index (κ1) is 26.0. The highest BCUT2D eigenvalue weighted by Crippen LogP contribution is 2.20. The van der Waals surface area contributed by atoms with E-state index < -0.39 is 0 Å². The third kappa shape index (κ3) is 8.01. The van der Waals surface area contributed by atoms with Gasteiger partial charge in [-0.3, -0.25) is 4.99 Å². The van der Waals surface area contributed by atoms with Crippen molar-refractivity contribution in [2.24, 2.45) is 4.99 Å². The molecule has 0 spiro atoms. The van der Waals surface area contributed by atoms with Gasteiger partial charge in [-0.2, -0.15) is 0 Å². The predicted molar refractivity (Wildman–Crippen MR) is 139 cm³/mol. The molecule has 1 aromatic carbocycles. The van der Waals surface area contributed by atoms with Gasteiger partial charge in [0, 0.05) is 38.9 Å². The van der Waals surface area contributed by atoms with Gasteiger partial charge in [-0.25, -0.2) is 4.98 Å². The van der Waals surface area contributed by atoms with Crippen molar-refractivity contribution in [2.75, 3.05) is 45.3 Å². The number of morpholine rings is 1. The molecule has 3 rings (SSSR count). The maximum absolute atomic E-state index is 5.94. The number of anilines is 1. The smallest absolute Gasteiger partial charge is 0.191 e. The third-order valence-electron chi connectivity index (χ3n) is 4.99.